The van der Waals surface area contributed by atoms with Gasteiger partial charge in [-0.1, -0.05) is 6.42 Å². The summed E-state index contributed by atoms with van der Waals surface area (Å²) in [5.41, 5.74) is 0. The van der Waals surface area contributed by atoms with Crippen molar-refractivity contribution in [2.24, 2.45) is 0 Å². The molecule has 2 heterocycles. The topological polar surface area (TPSA) is 26.7 Å². The third-order valence-electron chi connectivity index (χ3n) is 4.33. The molecule has 1 N–H and O–H groups in total. The van der Waals surface area contributed by atoms with Crippen molar-refractivity contribution in [1.29, 1.82) is 0 Å². The zero-order valence-electron chi connectivity index (χ0n) is 11.3. The molecule has 0 aliphatic carbocycles. The van der Waals surface area contributed by atoms with Crippen molar-refractivity contribution in [3.63, 3.8) is 0 Å². The molecule has 1 atom stereocenters. The van der Waals surface area contributed by atoms with Crippen LogP contribution in [0.5, 0.6) is 0 Å². The molecule has 1 unspecified atom stereocenters. The fourth-order valence-corrected chi connectivity index (χ4v) is 3.16. The average Bonchev–Trinajstić information content (AvgIpc) is 2.38. The Labute approximate surface area is 106 Å². The molecule has 2 saturated heterocycles. The van der Waals surface area contributed by atoms with Crippen LogP contribution in [0.3, 0.4) is 0 Å². The number of likely N-dealkylation sites (tertiary alicyclic amines) is 2. The molecule has 0 aromatic rings. The minimum absolute atomic E-state index is 0.144. The Balaban J connectivity index is 1.66. The van der Waals surface area contributed by atoms with Crippen LogP contribution in [0.25, 0.3) is 0 Å². The summed E-state index contributed by atoms with van der Waals surface area (Å²) in [6.07, 6.45) is 7.69. The lowest BCUT2D eigenvalue weighted by Crippen LogP contribution is -2.47. The molecule has 2 rings (SSSR count). The van der Waals surface area contributed by atoms with Crippen molar-refractivity contribution in [1.82, 2.24) is 9.80 Å². The molecular weight excluding hydrogens is 212 g/mol. The van der Waals surface area contributed by atoms with E-state index in [1.165, 1.54) is 58.3 Å². The number of piperidine rings is 2. The zero-order chi connectivity index (χ0) is 12.1. The summed E-state index contributed by atoms with van der Waals surface area (Å²) in [7, 11) is 0. The van der Waals surface area contributed by atoms with E-state index >= 15 is 0 Å². The molecule has 17 heavy (non-hydrogen) atoms. The Hall–Kier alpha value is -0.120. The van der Waals surface area contributed by atoms with E-state index in [0.717, 1.165) is 19.0 Å². The van der Waals surface area contributed by atoms with Crippen LogP contribution in [0.1, 0.15) is 45.4 Å². The maximum Gasteiger partial charge on any atom is 0.0524 e. The Morgan fingerprint density at radius 2 is 1.71 bits per heavy atom. The quantitative estimate of drug-likeness (QED) is 0.810. The molecule has 2 aliphatic heterocycles. The van der Waals surface area contributed by atoms with Gasteiger partial charge in [-0.05, 0) is 65.2 Å². The van der Waals surface area contributed by atoms with Gasteiger partial charge in [-0.25, -0.2) is 0 Å². The molecule has 0 spiro atoms. The number of rotatable bonds is 4. The van der Waals surface area contributed by atoms with Crippen molar-refractivity contribution >= 4 is 0 Å². The van der Waals surface area contributed by atoms with Crippen LogP contribution in [-0.2, 0) is 0 Å². The maximum atomic E-state index is 9.30. The Morgan fingerprint density at radius 1 is 1.06 bits per heavy atom. The predicted octanol–water partition coefficient (Wildman–Crippen LogP) is 1.71. The third kappa shape index (κ3) is 4.23. The van der Waals surface area contributed by atoms with E-state index in [2.05, 4.69) is 9.80 Å². The standard InChI is InChI=1S/C14H28N2O/c1-13(17)5-10-15-11-6-14(7-12-15)16-8-3-2-4-9-16/h13-14,17H,2-12H2,1H3. The first kappa shape index (κ1) is 13.3. The second-order valence-electron chi connectivity index (χ2n) is 5.81. The molecule has 100 valence electrons. The SMILES string of the molecule is CC(O)CCN1CCC(N2CCCCC2)CC1. The van der Waals surface area contributed by atoms with Gasteiger partial charge >= 0.3 is 0 Å². The van der Waals surface area contributed by atoms with E-state index in [4.69, 9.17) is 0 Å². The monoisotopic (exact) mass is 240 g/mol. The lowest BCUT2D eigenvalue weighted by atomic mass is 10.00. The molecule has 0 bridgehead atoms. The van der Waals surface area contributed by atoms with Gasteiger partial charge in [-0.3, -0.25) is 0 Å². The van der Waals surface area contributed by atoms with Gasteiger partial charge in [0.2, 0.25) is 0 Å². The Morgan fingerprint density at radius 3 is 2.29 bits per heavy atom. The summed E-state index contributed by atoms with van der Waals surface area (Å²) >= 11 is 0. The predicted molar refractivity (Wildman–Crippen MR) is 71.2 cm³/mol. The number of aliphatic hydroxyl groups is 1. The molecule has 3 nitrogen and oxygen atoms in total. The number of aliphatic hydroxyl groups excluding tert-OH is 1. The summed E-state index contributed by atoms with van der Waals surface area (Å²) < 4.78 is 0. The Bertz CT molecular complexity index is 206. The van der Waals surface area contributed by atoms with E-state index in [0.29, 0.717) is 0 Å². The van der Waals surface area contributed by atoms with Crippen LogP contribution in [0, 0.1) is 0 Å². The molecule has 0 aromatic carbocycles. The normalized spacial score (nSPS) is 27.2. The lowest BCUT2D eigenvalue weighted by Gasteiger charge is -2.40. The molecule has 0 radical (unpaired) electrons. The van der Waals surface area contributed by atoms with E-state index in [9.17, 15) is 5.11 Å². The van der Waals surface area contributed by atoms with Crippen LogP contribution in [-0.4, -0.2) is 59.8 Å². The molecule has 0 saturated carbocycles. The van der Waals surface area contributed by atoms with Crippen LogP contribution < -0.4 is 0 Å². The first-order valence-electron chi connectivity index (χ1n) is 7.40. The van der Waals surface area contributed by atoms with Crippen LogP contribution in [0.4, 0.5) is 0 Å². The van der Waals surface area contributed by atoms with Crippen molar-refractivity contribution in [2.75, 3.05) is 32.7 Å². The summed E-state index contributed by atoms with van der Waals surface area (Å²) in [6.45, 7) is 8.09. The van der Waals surface area contributed by atoms with E-state index in [1.807, 2.05) is 6.92 Å². The summed E-state index contributed by atoms with van der Waals surface area (Å²) in [6, 6.07) is 0.845. The highest BCUT2D eigenvalue weighted by Crippen LogP contribution is 2.20. The van der Waals surface area contributed by atoms with Crippen LogP contribution in [0.2, 0.25) is 0 Å². The van der Waals surface area contributed by atoms with Gasteiger partial charge in [-0.15, -0.1) is 0 Å². The molecule has 0 aromatic heterocycles. The minimum atomic E-state index is -0.144. The number of nitrogens with zero attached hydrogens (tertiary/aromatic N) is 2. The number of hydrogen-bond acceptors (Lipinski definition) is 3. The largest absolute Gasteiger partial charge is 0.393 e. The zero-order valence-corrected chi connectivity index (χ0v) is 11.3. The minimum Gasteiger partial charge on any atom is -0.393 e. The van der Waals surface area contributed by atoms with Crippen molar-refractivity contribution < 1.29 is 5.11 Å². The van der Waals surface area contributed by atoms with Gasteiger partial charge in [0, 0.05) is 12.6 Å². The number of hydrogen-bond donors (Lipinski definition) is 1. The van der Waals surface area contributed by atoms with Gasteiger partial charge in [-0.2, -0.15) is 0 Å². The van der Waals surface area contributed by atoms with Gasteiger partial charge < -0.3 is 14.9 Å². The lowest BCUT2D eigenvalue weighted by molar-refractivity contribution is 0.0831. The van der Waals surface area contributed by atoms with Gasteiger partial charge in [0.1, 0.15) is 0 Å². The van der Waals surface area contributed by atoms with Gasteiger partial charge in [0.15, 0.2) is 0 Å². The smallest absolute Gasteiger partial charge is 0.0524 e. The second-order valence-corrected chi connectivity index (χ2v) is 5.81. The van der Waals surface area contributed by atoms with Crippen molar-refractivity contribution in [3.8, 4) is 0 Å². The molecular formula is C14H28N2O. The highest BCUT2D eigenvalue weighted by Gasteiger charge is 2.25. The fourth-order valence-electron chi connectivity index (χ4n) is 3.16. The highest BCUT2D eigenvalue weighted by atomic mass is 16.3. The summed E-state index contributed by atoms with van der Waals surface area (Å²) in [5, 5.41) is 9.30. The van der Waals surface area contributed by atoms with Crippen molar-refractivity contribution in [2.45, 2.75) is 57.6 Å². The molecule has 3 heteroatoms. The second kappa shape index (κ2) is 6.72. The molecule has 2 fully saturated rings. The molecule has 0 amide bonds. The van der Waals surface area contributed by atoms with Crippen LogP contribution >= 0.6 is 0 Å². The van der Waals surface area contributed by atoms with E-state index in [1.54, 1.807) is 0 Å². The van der Waals surface area contributed by atoms with E-state index < -0.39 is 0 Å². The third-order valence-corrected chi connectivity index (χ3v) is 4.33. The first-order chi connectivity index (χ1) is 8.25. The fraction of sp³-hybridized carbons (Fsp3) is 1.00. The van der Waals surface area contributed by atoms with E-state index in [-0.39, 0.29) is 6.10 Å². The molecule has 2 aliphatic rings. The van der Waals surface area contributed by atoms with Crippen LogP contribution in [0.15, 0.2) is 0 Å². The Kier molecular flexibility index (Phi) is 5.26. The highest BCUT2D eigenvalue weighted by molar-refractivity contribution is 4.81. The van der Waals surface area contributed by atoms with Gasteiger partial charge in [0.25, 0.3) is 0 Å². The van der Waals surface area contributed by atoms with Crippen molar-refractivity contribution in [3.05, 3.63) is 0 Å². The average molecular weight is 240 g/mol. The maximum absolute atomic E-state index is 9.30. The van der Waals surface area contributed by atoms with Gasteiger partial charge in [0.05, 0.1) is 6.10 Å². The summed E-state index contributed by atoms with van der Waals surface area (Å²) in [5.74, 6) is 0. The summed E-state index contributed by atoms with van der Waals surface area (Å²) in [4.78, 5) is 5.24. The first-order valence-corrected chi connectivity index (χ1v) is 7.40.